The van der Waals surface area contributed by atoms with Gasteiger partial charge in [-0.1, -0.05) is 31.4 Å². The normalized spacial score (nSPS) is 16.3. The van der Waals surface area contributed by atoms with Crippen molar-refractivity contribution >= 4 is 33.0 Å². The maximum absolute atomic E-state index is 12.8. The van der Waals surface area contributed by atoms with E-state index in [1.165, 1.54) is 36.2 Å². The molecule has 21 heavy (non-hydrogen) atoms. The van der Waals surface area contributed by atoms with Gasteiger partial charge < -0.3 is 10.6 Å². The van der Waals surface area contributed by atoms with Gasteiger partial charge in [-0.2, -0.15) is 0 Å². The van der Waals surface area contributed by atoms with Gasteiger partial charge in [0.2, 0.25) is 0 Å². The standard InChI is InChI=1S/C17H22N2OS/c1-11-8-9-13-14(10-11)21-16(15(13)18)17(20)19(2)12-6-4-3-5-7-12/h8-10,12H,3-7,18H2,1-2H3. The van der Waals surface area contributed by atoms with Crippen LogP contribution in [0.5, 0.6) is 0 Å². The number of rotatable bonds is 2. The summed E-state index contributed by atoms with van der Waals surface area (Å²) in [6.07, 6.45) is 5.98. The molecule has 0 aliphatic heterocycles. The zero-order valence-corrected chi connectivity index (χ0v) is 13.5. The molecule has 1 saturated carbocycles. The van der Waals surface area contributed by atoms with E-state index in [1.54, 1.807) is 0 Å². The molecule has 112 valence electrons. The largest absolute Gasteiger partial charge is 0.397 e. The van der Waals surface area contributed by atoms with Crippen molar-refractivity contribution in [2.75, 3.05) is 12.8 Å². The molecule has 0 spiro atoms. The molecule has 1 heterocycles. The van der Waals surface area contributed by atoms with Gasteiger partial charge in [-0.3, -0.25) is 4.79 Å². The summed E-state index contributed by atoms with van der Waals surface area (Å²) in [5.74, 6) is 0.0817. The third kappa shape index (κ3) is 2.64. The number of hydrogen-bond acceptors (Lipinski definition) is 3. The van der Waals surface area contributed by atoms with Gasteiger partial charge in [-0.05, 0) is 31.4 Å². The number of nitrogens with zero attached hydrogens (tertiary/aromatic N) is 1. The number of carbonyl (C=O) groups is 1. The number of aryl methyl sites for hydroxylation is 1. The van der Waals surface area contributed by atoms with Gasteiger partial charge in [0.05, 0.1) is 5.69 Å². The van der Waals surface area contributed by atoms with Gasteiger partial charge >= 0.3 is 0 Å². The van der Waals surface area contributed by atoms with E-state index >= 15 is 0 Å². The predicted molar refractivity (Wildman–Crippen MR) is 89.9 cm³/mol. The lowest BCUT2D eigenvalue weighted by Crippen LogP contribution is -2.38. The highest BCUT2D eigenvalue weighted by molar-refractivity contribution is 7.21. The summed E-state index contributed by atoms with van der Waals surface area (Å²) in [7, 11) is 1.92. The molecule has 1 amide bonds. The van der Waals surface area contributed by atoms with Crippen molar-refractivity contribution in [1.29, 1.82) is 0 Å². The molecule has 3 rings (SSSR count). The molecule has 0 atom stereocenters. The lowest BCUT2D eigenvalue weighted by atomic mass is 9.94. The Hall–Kier alpha value is -1.55. The summed E-state index contributed by atoms with van der Waals surface area (Å²) < 4.78 is 1.10. The predicted octanol–water partition coefficient (Wildman–Crippen LogP) is 4.20. The van der Waals surface area contributed by atoms with Crippen molar-refractivity contribution in [1.82, 2.24) is 4.90 Å². The average molecular weight is 302 g/mol. The molecule has 0 bridgehead atoms. The fourth-order valence-corrected chi connectivity index (χ4v) is 4.38. The van der Waals surface area contributed by atoms with E-state index in [0.717, 1.165) is 22.9 Å². The number of anilines is 1. The van der Waals surface area contributed by atoms with E-state index in [0.29, 0.717) is 16.6 Å². The topological polar surface area (TPSA) is 46.3 Å². The lowest BCUT2D eigenvalue weighted by Gasteiger charge is -2.31. The Bertz CT molecular complexity index is 671. The summed E-state index contributed by atoms with van der Waals surface area (Å²) in [4.78, 5) is 15.4. The maximum Gasteiger partial charge on any atom is 0.266 e. The Kier molecular flexibility index (Phi) is 3.89. The minimum absolute atomic E-state index is 0.0817. The first-order valence-corrected chi connectivity index (χ1v) is 8.45. The van der Waals surface area contributed by atoms with Crippen LogP contribution in [-0.4, -0.2) is 23.9 Å². The first kappa shape index (κ1) is 14.4. The molecule has 1 aromatic carbocycles. The minimum Gasteiger partial charge on any atom is -0.397 e. The summed E-state index contributed by atoms with van der Waals surface area (Å²) in [6.45, 7) is 2.06. The zero-order chi connectivity index (χ0) is 15.0. The van der Waals surface area contributed by atoms with E-state index < -0.39 is 0 Å². The smallest absolute Gasteiger partial charge is 0.266 e. The molecule has 4 heteroatoms. The van der Waals surface area contributed by atoms with Crippen molar-refractivity contribution in [3.05, 3.63) is 28.6 Å². The van der Waals surface area contributed by atoms with Crippen LogP contribution in [0.1, 0.15) is 47.3 Å². The van der Waals surface area contributed by atoms with Crippen LogP contribution in [0, 0.1) is 6.92 Å². The van der Waals surface area contributed by atoms with Crippen molar-refractivity contribution in [2.24, 2.45) is 0 Å². The van der Waals surface area contributed by atoms with E-state index in [9.17, 15) is 4.79 Å². The number of nitrogens with two attached hydrogens (primary N) is 1. The molecular formula is C17H22N2OS. The molecule has 0 unspecified atom stereocenters. The Morgan fingerprint density at radius 2 is 2.00 bits per heavy atom. The fourth-order valence-electron chi connectivity index (χ4n) is 3.18. The van der Waals surface area contributed by atoms with E-state index in [1.807, 2.05) is 24.1 Å². The van der Waals surface area contributed by atoms with Crippen LogP contribution in [-0.2, 0) is 0 Å². The van der Waals surface area contributed by atoms with Crippen LogP contribution in [0.25, 0.3) is 10.1 Å². The van der Waals surface area contributed by atoms with Gasteiger partial charge in [-0.15, -0.1) is 11.3 Å². The highest BCUT2D eigenvalue weighted by Gasteiger charge is 2.26. The minimum atomic E-state index is 0.0817. The van der Waals surface area contributed by atoms with Crippen LogP contribution in [0.15, 0.2) is 18.2 Å². The molecule has 1 fully saturated rings. The number of fused-ring (bicyclic) bond motifs is 1. The molecule has 0 saturated heterocycles. The quantitative estimate of drug-likeness (QED) is 0.904. The second-order valence-electron chi connectivity index (χ2n) is 6.05. The highest BCUT2D eigenvalue weighted by Crippen LogP contribution is 2.35. The first-order valence-electron chi connectivity index (χ1n) is 7.63. The van der Waals surface area contributed by atoms with Gasteiger partial charge in [0.15, 0.2) is 0 Å². The number of amides is 1. The molecule has 0 radical (unpaired) electrons. The molecular weight excluding hydrogens is 280 g/mol. The average Bonchev–Trinajstić information content (AvgIpc) is 2.83. The van der Waals surface area contributed by atoms with E-state index in [4.69, 9.17) is 5.73 Å². The maximum atomic E-state index is 12.8. The van der Waals surface area contributed by atoms with E-state index in [-0.39, 0.29) is 5.91 Å². The summed E-state index contributed by atoms with van der Waals surface area (Å²) in [5, 5.41) is 1.01. The molecule has 1 aromatic heterocycles. The molecule has 1 aliphatic rings. The number of benzene rings is 1. The van der Waals surface area contributed by atoms with Crippen LogP contribution < -0.4 is 5.73 Å². The van der Waals surface area contributed by atoms with Gasteiger partial charge in [0.25, 0.3) is 5.91 Å². The Labute approximate surface area is 129 Å². The van der Waals surface area contributed by atoms with Crippen LogP contribution >= 0.6 is 11.3 Å². The van der Waals surface area contributed by atoms with Crippen LogP contribution in [0.2, 0.25) is 0 Å². The molecule has 3 nitrogen and oxygen atoms in total. The van der Waals surface area contributed by atoms with Crippen LogP contribution in [0.3, 0.4) is 0 Å². The monoisotopic (exact) mass is 302 g/mol. The van der Waals surface area contributed by atoms with Gasteiger partial charge in [0.1, 0.15) is 4.88 Å². The number of nitrogen functional groups attached to an aromatic ring is 1. The Morgan fingerprint density at radius 3 is 2.71 bits per heavy atom. The highest BCUT2D eigenvalue weighted by atomic mass is 32.1. The van der Waals surface area contributed by atoms with E-state index in [2.05, 4.69) is 13.0 Å². The van der Waals surface area contributed by atoms with Crippen molar-refractivity contribution < 1.29 is 4.79 Å². The molecule has 1 aliphatic carbocycles. The van der Waals surface area contributed by atoms with Crippen LogP contribution in [0.4, 0.5) is 5.69 Å². The first-order chi connectivity index (χ1) is 10.1. The van der Waals surface area contributed by atoms with Crippen molar-refractivity contribution in [3.63, 3.8) is 0 Å². The zero-order valence-electron chi connectivity index (χ0n) is 12.7. The molecule has 2 N–H and O–H groups in total. The number of thiophene rings is 1. The summed E-state index contributed by atoms with van der Waals surface area (Å²) in [6, 6.07) is 6.55. The SMILES string of the molecule is Cc1ccc2c(N)c(C(=O)N(C)C3CCCCC3)sc2c1. The third-order valence-corrected chi connectivity index (χ3v) is 5.68. The number of hydrogen-bond donors (Lipinski definition) is 1. The summed E-state index contributed by atoms with van der Waals surface area (Å²) >= 11 is 1.52. The van der Waals surface area contributed by atoms with Gasteiger partial charge in [0, 0.05) is 23.2 Å². The Balaban J connectivity index is 1.91. The number of carbonyl (C=O) groups excluding carboxylic acids is 1. The summed E-state index contributed by atoms with van der Waals surface area (Å²) in [5.41, 5.74) is 8.06. The lowest BCUT2D eigenvalue weighted by molar-refractivity contribution is 0.0702. The third-order valence-electron chi connectivity index (χ3n) is 4.52. The van der Waals surface area contributed by atoms with Crippen molar-refractivity contribution in [2.45, 2.75) is 45.1 Å². The second kappa shape index (κ2) is 5.68. The van der Waals surface area contributed by atoms with Crippen molar-refractivity contribution in [3.8, 4) is 0 Å². The Morgan fingerprint density at radius 1 is 1.29 bits per heavy atom. The second-order valence-corrected chi connectivity index (χ2v) is 7.10. The molecule has 2 aromatic rings. The fraction of sp³-hybridized carbons (Fsp3) is 0.471. The van der Waals surface area contributed by atoms with Gasteiger partial charge in [-0.25, -0.2) is 0 Å².